The third kappa shape index (κ3) is 6.93. The summed E-state index contributed by atoms with van der Waals surface area (Å²) in [6.07, 6.45) is 6.74. The quantitative estimate of drug-likeness (QED) is 0.581. The first kappa shape index (κ1) is 14.5. The van der Waals surface area contributed by atoms with E-state index in [0.29, 0.717) is 18.9 Å². The van der Waals surface area contributed by atoms with Crippen molar-refractivity contribution in [1.82, 2.24) is 10.6 Å². The average Bonchev–Trinajstić information content (AvgIpc) is 3.14. The molecule has 0 aromatic heterocycles. The van der Waals surface area contributed by atoms with Crippen molar-refractivity contribution in [2.75, 3.05) is 6.54 Å². The van der Waals surface area contributed by atoms with Crippen molar-refractivity contribution in [2.45, 2.75) is 45.4 Å². The van der Waals surface area contributed by atoms with Crippen LogP contribution in [0.5, 0.6) is 0 Å². The molecule has 0 saturated heterocycles. The van der Waals surface area contributed by atoms with Crippen LogP contribution in [0.15, 0.2) is 11.8 Å². The van der Waals surface area contributed by atoms with Crippen LogP contribution >= 0.6 is 0 Å². The molecule has 18 heavy (non-hydrogen) atoms. The van der Waals surface area contributed by atoms with E-state index in [1.807, 2.05) is 6.92 Å². The average molecular weight is 254 g/mol. The van der Waals surface area contributed by atoms with E-state index < -0.39 is 5.97 Å². The normalized spacial score (nSPS) is 15.3. The number of hydrogen-bond acceptors (Lipinski definition) is 2. The highest BCUT2D eigenvalue weighted by atomic mass is 16.4. The van der Waals surface area contributed by atoms with Crippen LogP contribution in [-0.2, 0) is 4.79 Å². The molecule has 0 radical (unpaired) electrons. The van der Waals surface area contributed by atoms with Gasteiger partial charge in [-0.1, -0.05) is 12.0 Å². The zero-order valence-electron chi connectivity index (χ0n) is 10.9. The first-order valence-electron chi connectivity index (χ1n) is 6.52. The number of unbranched alkanes of at least 4 members (excludes halogenated alkanes) is 2. The van der Waals surface area contributed by atoms with Crippen molar-refractivity contribution in [3.63, 3.8) is 0 Å². The Bertz CT molecular complexity index is 322. The van der Waals surface area contributed by atoms with Gasteiger partial charge in [-0.05, 0) is 38.5 Å². The van der Waals surface area contributed by atoms with Crippen molar-refractivity contribution in [3.05, 3.63) is 11.8 Å². The second-order valence-corrected chi connectivity index (χ2v) is 4.77. The van der Waals surface area contributed by atoms with Gasteiger partial charge >= 0.3 is 12.0 Å². The maximum Gasteiger partial charge on any atom is 0.318 e. The minimum Gasteiger partial charge on any atom is -0.481 e. The van der Waals surface area contributed by atoms with Crippen molar-refractivity contribution in [2.24, 2.45) is 5.92 Å². The molecule has 0 unspecified atom stereocenters. The molecule has 1 aliphatic carbocycles. The van der Waals surface area contributed by atoms with Crippen LogP contribution in [-0.4, -0.2) is 23.7 Å². The summed E-state index contributed by atoms with van der Waals surface area (Å²) in [5.74, 6) is -0.0947. The number of amides is 2. The molecule has 2 amide bonds. The third-order valence-electron chi connectivity index (χ3n) is 3.01. The van der Waals surface area contributed by atoms with E-state index in [1.165, 1.54) is 18.4 Å². The first-order chi connectivity index (χ1) is 8.59. The second kappa shape index (κ2) is 7.74. The highest BCUT2D eigenvalue weighted by Gasteiger charge is 2.22. The maximum atomic E-state index is 11.4. The zero-order valence-corrected chi connectivity index (χ0v) is 10.9. The lowest BCUT2D eigenvalue weighted by Crippen LogP contribution is -2.33. The largest absolute Gasteiger partial charge is 0.481 e. The summed E-state index contributed by atoms with van der Waals surface area (Å²) in [5, 5.41) is 13.9. The molecule has 0 heterocycles. The van der Waals surface area contributed by atoms with Crippen LogP contribution in [0, 0.1) is 5.92 Å². The number of carbonyl (C=O) groups excluding carboxylic acids is 1. The third-order valence-corrected chi connectivity index (χ3v) is 3.01. The molecule has 0 bridgehead atoms. The van der Waals surface area contributed by atoms with E-state index in [0.717, 1.165) is 12.8 Å². The summed E-state index contributed by atoms with van der Waals surface area (Å²) in [4.78, 5) is 21.6. The minimum absolute atomic E-state index is 0.187. The molecule has 0 aromatic carbocycles. The smallest absolute Gasteiger partial charge is 0.318 e. The molecule has 1 aliphatic rings. The van der Waals surface area contributed by atoms with Crippen molar-refractivity contribution < 1.29 is 14.7 Å². The summed E-state index contributed by atoms with van der Waals surface area (Å²) in [7, 11) is 0. The summed E-state index contributed by atoms with van der Waals surface area (Å²) in [6.45, 7) is 2.62. The maximum absolute atomic E-state index is 11.4. The summed E-state index contributed by atoms with van der Waals surface area (Å²) in [5.41, 5.74) is 1.23. The SMILES string of the molecule is C/C(=C\NC(=O)NCCCCCC(=O)O)C1CC1. The van der Waals surface area contributed by atoms with Gasteiger partial charge in [0, 0.05) is 19.2 Å². The topological polar surface area (TPSA) is 78.4 Å². The van der Waals surface area contributed by atoms with Gasteiger partial charge in [-0.2, -0.15) is 0 Å². The van der Waals surface area contributed by atoms with E-state index in [-0.39, 0.29) is 12.5 Å². The summed E-state index contributed by atoms with van der Waals surface area (Å²) in [6, 6.07) is -0.187. The minimum atomic E-state index is -0.763. The Morgan fingerprint density at radius 1 is 1.28 bits per heavy atom. The number of urea groups is 1. The molecule has 5 heteroatoms. The predicted octanol–water partition coefficient (Wildman–Crippen LogP) is 2.24. The number of aliphatic carboxylic acids is 1. The molecular weight excluding hydrogens is 232 g/mol. The summed E-state index contributed by atoms with van der Waals surface area (Å²) >= 11 is 0. The van der Waals surface area contributed by atoms with Crippen LogP contribution in [0.25, 0.3) is 0 Å². The van der Waals surface area contributed by atoms with Gasteiger partial charge in [-0.15, -0.1) is 0 Å². The molecule has 5 nitrogen and oxygen atoms in total. The van der Waals surface area contributed by atoms with E-state index in [4.69, 9.17) is 5.11 Å². The van der Waals surface area contributed by atoms with Gasteiger partial charge in [-0.25, -0.2) is 4.79 Å². The zero-order chi connectivity index (χ0) is 13.4. The van der Waals surface area contributed by atoms with Crippen molar-refractivity contribution >= 4 is 12.0 Å². The van der Waals surface area contributed by atoms with Crippen LogP contribution in [0.1, 0.15) is 45.4 Å². The molecular formula is C13H22N2O3. The fourth-order valence-corrected chi connectivity index (χ4v) is 1.67. The molecule has 0 aliphatic heterocycles. The molecule has 0 spiro atoms. The Morgan fingerprint density at radius 2 is 2.00 bits per heavy atom. The molecule has 1 rings (SSSR count). The second-order valence-electron chi connectivity index (χ2n) is 4.77. The van der Waals surface area contributed by atoms with E-state index in [2.05, 4.69) is 10.6 Å². The van der Waals surface area contributed by atoms with Gasteiger partial charge in [0.1, 0.15) is 0 Å². The number of hydrogen-bond donors (Lipinski definition) is 3. The van der Waals surface area contributed by atoms with Crippen LogP contribution in [0.4, 0.5) is 4.79 Å². The van der Waals surface area contributed by atoms with Gasteiger partial charge in [0.2, 0.25) is 0 Å². The number of allylic oxidation sites excluding steroid dienone is 1. The number of carbonyl (C=O) groups is 2. The fourth-order valence-electron chi connectivity index (χ4n) is 1.67. The summed E-state index contributed by atoms with van der Waals surface area (Å²) < 4.78 is 0. The molecule has 1 saturated carbocycles. The van der Waals surface area contributed by atoms with Crippen LogP contribution in [0.3, 0.4) is 0 Å². The van der Waals surface area contributed by atoms with Crippen LogP contribution in [0.2, 0.25) is 0 Å². The van der Waals surface area contributed by atoms with E-state index >= 15 is 0 Å². The lowest BCUT2D eigenvalue weighted by atomic mass is 10.2. The van der Waals surface area contributed by atoms with Gasteiger partial charge in [0.15, 0.2) is 0 Å². The van der Waals surface area contributed by atoms with Crippen molar-refractivity contribution in [3.8, 4) is 0 Å². The Morgan fingerprint density at radius 3 is 2.61 bits per heavy atom. The highest BCUT2D eigenvalue weighted by Crippen LogP contribution is 2.35. The van der Waals surface area contributed by atoms with Gasteiger partial charge in [-0.3, -0.25) is 4.79 Å². The highest BCUT2D eigenvalue weighted by molar-refractivity contribution is 5.74. The standard InChI is InChI=1S/C13H22N2O3/c1-10(11-6-7-11)9-15-13(18)14-8-4-2-3-5-12(16)17/h9,11H,2-8H2,1H3,(H,16,17)(H2,14,15,18)/b10-9+. The van der Waals surface area contributed by atoms with Gasteiger partial charge < -0.3 is 15.7 Å². The molecule has 0 aromatic rings. The van der Waals surface area contributed by atoms with E-state index in [1.54, 1.807) is 6.20 Å². The molecule has 3 N–H and O–H groups in total. The van der Waals surface area contributed by atoms with Crippen molar-refractivity contribution in [1.29, 1.82) is 0 Å². The molecule has 0 atom stereocenters. The number of carboxylic acids is 1. The Hall–Kier alpha value is -1.52. The van der Waals surface area contributed by atoms with Gasteiger partial charge in [0.05, 0.1) is 0 Å². The predicted molar refractivity (Wildman–Crippen MR) is 69.1 cm³/mol. The first-order valence-corrected chi connectivity index (χ1v) is 6.52. The lowest BCUT2D eigenvalue weighted by Gasteiger charge is -2.05. The Balaban J connectivity index is 1.96. The van der Waals surface area contributed by atoms with E-state index in [9.17, 15) is 9.59 Å². The Kier molecular flexibility index (Phi) is 6.25. The lowest BCUT2D eigenvalue weighted by molar-refractivity contribution is -0.137. The number of rotatable bonds is 8. The number of nitrogens with one attached hydrogen (secondary N) is 2. The Labute approximate surface area is 108 Å². The molecule has 1 fully saturated rings. The van der Waals surface area contributed by atoms with Crippen LogP contribution < -0.4 is 10.6 Å². The molecule has 102 valence electrons. The monoisotopic (exact) mass is 254 g/mol. The number of carboxylic acid groups (broad SMARTS) is 1. The van der Waals surface area contributed by atoms with Gasteiger partial charge in [0.25, 0.3) is 0 Å². The fraction of sp³-hybridized carbons (Fsp3) is 0.692.